The molecule has 2 aromatic rings. The number of imidazole rings is 1. The highest BCUT2D eigenvalue weighted by atomic mass is 32.2. The number of aromatic nitrogens is 2. The van der Waals surface area contributed by atoms with Crippen molar-refractivity contribution in [3.63, 3.8) is 0 Å². The summed E-state index contributed by atoms with van der Waals surface area (Å²) < 4.78 is 6.37. The molecule has 3 fully saturated rings. The smallest absolute Gasteiger partial charge is 0.316 e. The average molecular weight is 637 g/mol. The minimum atomic E-state index is -0.697. The van der Waals surface area contributed by atoms with Crippen molar-refractivity contribution >= 4 is 29.4 Å². The van der Waals surface area contributed by atoms with Crippen LogP contribution in [0.1, 0.15) is 71.1 Å². The largest absolute Gasteiger partial charge is 0.461 e. The molecular formula is C35H48N4O5S. The van der Waals surface area contributed by atoms with Gasteiger partial charge in [0, 0.05) is 52.9 Å². The Kier molecular flexibility index (Phi) is 9.69. The zero-order chi connectivity index (χ0) is 32.6. The summed E-state index contributed by atoms with van der Waals surface area (Å²) in [5, 5.41) is 14.6. The van der Waals surface area contributed by atoms with E-state index >= 15 is 0 Å². The van der Waals surface area contributed by atoms with Gasteiger partial charge in [0.05, 0.1) is 24.2 Å². The van der Waals surface area contributed by atoms with Crippen molar-refractivity contribution in [3.8, 4) is 0 Å². The minimum absolute atomic E-state index is 0.0694. The molecule has 5 N–H and O–H groups in total. The maximum absolute atomic E-state index is 13.6. The fourth-order valence-electron chi connectivity index (χ4n) is 8.63. The molecule has 45 heavy (non-hydrogen) atoms. The van der Waals surface area contributed by atoms with E-state index in [1.807, 2.05) is 37.3 Å². The van der Waals surface area contributed by atoms with Crippen LogP contribution < -0.4 is 11.1 Å². The van der Waals surface area contributed by atoms with Crippen molar-refractivity contribution in [2.24, 2.45) is 39.7 Å². The van der Waals surface area contributed by atoms with Crippen molar-refractivity contribution in [1.82, 2.24) is 15.3 Å². The van der Waals surface area contributed by atoms with E-state index in [4.69, 9.17) is 10.5 Å². The first-order valence-electron chi connectivity index (χ1n) is 16.1. The highest BCUT2D eigenvalue weighted by molar-refractivity contribution is 8.00. The third-order valence-corrected chi connectivity index (χ3v) is 12.6. The van der Waals surface area contributed by atoms with Gasteiger partial charge in [-0.1, -0.05) is 45.9 Å². The highest BCUT2D eigenvalue weighted by Gasteiger charge is 2.68. The number of benzene rings is 1. The molecule has 0 radical (unpaired) electrons. The predicted octanol–water partition coefficient (Wildman–Crippen LogP) is 4.59. The number of carbonyl (C=O) groups excluding carboxylic acids is 3. The Labute approximate surface area is 270 Å². The molecule has 1 aromatic heterocycles. The summed E-state index contributed by atoms with van der Waals surface area (Å²) in [6.07, 6.45) is 7.68. The number of esters is 1. The first kappa shape index (κ1) is 33.4. The number of ketones is 1. The Morgan fingerprint density at radius 1 is 1.31 bits per heavy atom. The van der Waals surface area contributed by atoms with Gasteiger partial charge in [0.25, 0.3) is 0 Å². The average Bonchev–Trinajstić information content (AvgIpc) is 3.67. The van der Waals surface area contributed by atoms with Crippen LogP contribution in [0.15, 0.2) is 54.3 Å². The molecule has 0 saturated heterocycles. The topological polar surface area (TPSA) is 147 Å². The van der Waals surface area contributed by atoms with Gasteiger partial charge in [-0.05, 0) is 60.6 Å². The second kappa shape index (κ2) is 13.0. The van der Waals surface area contributed by atoms with Gasteiger partial charge in [-0.2, -0.15) is 0 Å². The van der Waals surface area contributed by atoms with Crippen LogP contribution in [0.5, 0.6) is 0 Å². The molecule has 3 aliphatic carbocycles. The monoisotopic (exact) mass is 636 g/mol. The van der Waals surface area contributed by atoms with E-state index in [-0.39, 0.29) is 46.6 Å². The molecule has 0 spiro atoms. The Hall–Kier alpha value is -2.95. The van der Waals surface area contributed by atoms with Crippen LogP contribution >= 0.6 is 11.8 Å². The third kappa shape index (κ3) is 6.25. The number of hydrogen-bond acceptors (Lipinski definition) is 8. The number of aromatic amines is 1. The number of amides is 1. The van der Waals surface area contributed by atoms with E-state index in [1.54, 1.807) is 12.5 Å². The molecule has 3 unspecified atom stereocenters. The maximum atomic E-state index is 13.6. The van der Waals surface area contributed by atoms with Crippen LogP contribution in [0.2, 0.25) is 0 Å². The summed E-state index contributed by atoms with van der Waals surface area (Å²) in [4.78, 5) is 47.4. The van der Waals surface area contributed by atoms with Crippen molar-refractivity contribution in [2.45, 2.75) is 95.9 Å². The lowest BCUT2D eigenvalue weighted by atomic mass is 9.44. The van der Waals surface area contributed by atoms with Gasteiger partial charge in [0.15, 0.2) is 0 Å². The van der Waals surface area contributed by atoms with Crippen LogP contribution in [0.25, 0.3) is 0 Å². The Bertz CT molecular complexity index is 1420. The van der Waals surface area contributed by atoms with Crippen molar-refractivity contribution < 1.29 is 24.2 Å². The molecule has 1 aromatic carbocycles. The first-order valence-corrected chi connectivity index (χ1v) is 17.1. The van der Waals surface area contributed by atoms with Gasteiger partial charge in [0.2, 0.25) is 5.91 Å². The standard InChI is InChI=1S/C35H48N4O5S/c1-6-33(4)16-28(34(5)21(2)10-12-35(22(3)31(33)42)13-11-27(40)30(34)35)44-29(41)19-45-25-9-7-8-23(14-25)17-38-32(43)26(36)15-24-18-37-20-39-24/h6-9,14,18,20-22,26,28,30-31,42H,1,10-13,15-17,19,36H2,2-5H3,(H,37,39)(H,38,43)/t21?,22-,26-,28+,30?,31-,33+,34-,35?/m0/s1. The summed E-state index contributed by atoms with van der Waals surface area (Å²) >= 11 is 1.37. The molecule has 3 saturated carbocycles. The number of thioether (sulfide) groups is 1. The Morgan fingerprint density at radius 2 is 2.09 bits per heavy atom. The predicted molar refractivity (Wildman–Crippen MR) is 174 cm³/mol. The van der Waals surface area contributed by atoms with Crippen molar-refractivity contribution in [3.05, 3.63) is 60.7 Å². The van der Waals surface area contributed by atoms with Crippen LogP contribution in [0.3, 0.4) is 0 Å². The zero-order valence-corrected chi connectivity index (χ0v) is 27.7. The molecule has 9 atom stereocenters. The van der Waals surface area contributed by atoms with Crippen LogP contribution in [-0.2, 0) is 32.1 Å². The molecule has 5 rings (SSSR count). The molecule has 3 aliphatic rings. The fraction of sp³-hybridized carbons (Fsp3) is 0.600. The molecule has 9 nitrogen and oxygen atoms in total. The number of ether oxygens (including phenoxy) is 1. The molecule has 2 bridgehead atoms. The molecule has 244 valence electrons. The first-order chi connectivity index (χ1) is 21.3. The lowest BCUT2D eigenvalue weighted by molar-refractivity contribution is -0.205. The Morgan fingerprint density at radius 3 is 2.80 bits per heavy atom. The van der Waals surface area contributed by atoms with E-state index in [0.29, 0.717) is 25.8 Å². The quantitative estimate of drug-likeness (QED) is 0.168. The molecule has 0 aliphatic heterocycles. The molecular weight excluding hydrogens is 588 g/mol. The van der Waals surface area contributed by atoms with E-state index in [2.05, 4.69) is 42.6 Å². The fourth-order valence-corrected chi connectivity index (χ4v) is 9.39. The highest BCUT2D eigenvalue weighted by Crippen LogP contribution is 2.68. The van der Waals surface area contributed by atoms with E-state index in [0.717, 1.165) is 35.4 Å². The van der Waals surface area contributed by atoms with E-state index < -0.39 is 29.1 Å². The number of aliphatic hydroxyl groups is 1. The van der Waals surface area contributed by atoms with Gasteiger partial charge in [-0.3, -0.25) is 14.4 Å². The third-order valence-electron chi connectivity index (χ3n) is 11.6. The summed E-state index contributed by atoms with van der Waals surface area (Å²) in [5.74, 6) is -0.409. The van der Waals surface area contributed by atoms with Crippen molar-refractivity contribution in [2.75, 3.05) is 5.75 Å². The van der Waals surface area contributed by atoms with Gasteiger partial charge in [-0.15, -0.1) is 18.3 Å². The number of rotatable bonds is 10. The van der Waals surface area contributed by atoms with Crippen LogP contribution in [-0.4, -0.2) is 56.7 Å². The van der Waals surface area contributed by atoms with Crippen LogP contribution in [0.4, 0.5) is 0 Å². The minimum Gasteiger partial charge on any atom is -0.461 e. The lowest BCUT2D eigenvalue weighted by Crippen LogP contribution is -2.63. The van der Waals surface area contributed by atoms with Crippen LogP contribution in [0, 0.1) is 34.0 Å². The zero-order valence-electron chi connectivity index (χ0n) is 26.9. The van der Waals surface area contributed by atoms with Gasteiger partial charge in [-0.25, -0.2) is 4.98 Å². The Balaban J connectivity index is 1.27. The second-order valence-electron chi connectivity index (χ2n) is 14.1. The number of Topliss-reactive ketones (excluding diaryl/α,β-unsaturated/α-hetero) is 1. The number of hydrogen-bond donors (Lipinski definition) is 4. The summed E-state index contributed by atoms with van der Waals surface area (Å²) in [7, 11) is 0. The molecule has 1 heterocycles. The van der Waals surface area contributed by atoms with Crippen molar-refractivity contribution in [1.29, 1.82) is 0 Å². The SMILES string of the molecule is C=C[C@]1(C)C[C@@H](OC(=O)CSc2cccc(CNC(=O)[C@@H](N)Cc3cnc[nH]3)c2)[C@]2(C)C(C)CCC3(CCC(=O)C32)[C@@H](C)[C@@H]1O. The summed E-state index contributed by atoms with van der Waals surface area (Å²) in [6, 6.07) is 6.97. The second-order valence-corrected chi connectivity index (χ2v) is 15.2. The van der Waals surface area contributed by atoms with Gasteiger partial charge >= 0.3 is 5.97 Å². The maximum Gasteiger partial charge on any atom is 0.316 e. The number of nitrogens with one attached hydrogen (secondary N) is 2. The van der Waals surface area contributed by atoms with Gasteiger partial charge < -0.3 is 25.9 Å². The van der Waals surface area contributed by atoms with E-state index in [1.165, 1.54) is 11.8 Å². The molecule has 1 amide bonds. The number of carbonyl (C=O) groups is 3. The summed E-state index contributed by atoms with van der Waals surface area (Å²) in [5.41, 5.74) is 6.22. The number of aliphatic hydroxyl groups excluding tert-OH is 1. The van der Waals surface area contributed by atoms with E-state index in [9.17, 15) is 19.5 Å². The number of nitrogens with two attached hydrogens (primary N) is 1. The summed E-state index contributed by atoms with van der Waals surface area (Å²) in [6.45, 7) is 12.8. The number of H-pyrrole nitrogens is 1. The normalized spacial score (nSPS) is 35.1. The lowest BCUT2D eigenvalue weighted by Gasteiger charge is -2.61. The van der Waals surface area contributed by atoms with Gasteiger partial charge in [0.1, 0.15) is 11.9 Å². The number of nitrogens with zero attached hydrogens (tertiary/aromatic N) is 1. The molecule has 10 heteroatoms.